The van der Waals surface area contributed by atoms with E-state index in [1.807, 2.05) is 12.3 Å². The van der Waals surface area contributed by atoms with E-state index >= 15 is 0 Å². The van der Waals surface area contributed by atoms with Gasteiger partial charge in [-0.05, 0) is 58.1 Å². The average molecular weight is 327 g/mol. The Bertz CT molecular complexity index is 719. The Hall–Kier alpha value is -2.01. The molecular weight excluding hydrogens is 302 g/mol. The van der Waals surface area contributed by atoms with Gasteiger partial charge in [0.2, 0.25) is 0 Å². The number of amides is 1. The van der Waals surface area contributed by atoms with Gasteiger partial charge in [0.25, 0.3) is 5.91 Å². The highest BCUT2D eigenvalue weighted by molar-refractivity contribution is 5.97. The van der Waals surface area contributed by atoms with Gasteiger partial charge in [0.05, 0.1) is 11.1 Å². The number of aromatic nitrogens is 2. The first kappa shape index (κ1) is 16.8. The fraction of sp³-hybridized carbons (Fsp3) is 0.526. The Morgan fingerprint density at radius 3 is 2.46 bits per heavy atom. The zero-order valence-corrected chi connectivity index (χ0v) is 14.3. The fourth-order valence-corrected chi connectivity index (χ4v) is 2.59. The second-order valence-electron chi connectivity index (χ2n) is 7.00. The lowest BCUT2D eigenvalue weighted by atomic mass is 9.93. The molecule has 0 unspecified atom stereocenters. The summed E-state index contributed by atoms with van der Waals surface area (Å²) < 4.78 is 0. The van der Waals surface area contributed by atoms with Crippen LogP contribution >= 0.6 is 0 Å². The predicted molar refractivity (Wildman–Crippen MR) is 94.0 cm³/mol. The van der Waals surface area contributed by atoms with Crippen LogP contribution in [0.1, 0.15) is 67.9 Å². The summed E-state index contributed by atoms with van der Waals surface area (Å²) in [7, 11) is 0. The summed E-state index contributed by atoms with van der Waals surface area (Å²) in [5, 5.41) is 12.0. The minimum absolute atomic E-state index is 0.0182. The van der Waals surface area contributed by atoms with Gasteiger partial charge in [-0.2, -0.15) is 0 Å². The number of nitrogens with zero attached hydrogens (tertiary/aromatic N) is 2. The molecule has 2 N–H and O–H groups in total. The van der Waals surface area contributed by atoms with E-state index in [9.17, 15) is 4.79 Å². The molecule has 1 amide bonds. The van der Waals surface area contributed by atoms with Crippen molar-refractivity contribution in [3.63, 3.8) is 0 Å². The molecular formula is C19H25N3O2. The Morgan fingerprint density at radius 1 is 1.17 bits per heavy atom. The highest BCUT2D eigenvalue weighted by atomic mass is 16.3. The van der Waals surface area contributed by atoms with Crippen LogP contribution in [0.2, 0.25) is 0 Å². The lowest BCUT2D eigenvalue weighted by Gasteiger charge is -2.26. The summed E-state index contributed by atoms with van der Waals surface area (Å²) in [6, 6.07) is 4.30. The van der Waals surface area contributed by atoms with Crippen molar-refractivity contribution >= 4 is 16.8 Å². The van der Waals surface area contributed by atoms with Gasteiger partial charge in [-0.25, -0.2) is 0 Å². The highest BCUT2D eigenvalue weighted by Crippen LogP contribution is 2.39. The Kier molecular flexibility index (Phi) is 5.09. The zero-order chi connectivity index (χ0) is 17.1. The number of pyridine rings is 2. The molecule has 0 aliphatic heterocycles. The van der Waals surface area contributed by atoms with E-state index in [4.69, 9.17) is 5.11 Å². The van der Waals surface area contributed by atoms with Gasteiger partial charge in [-0.3, -0.25) is 14.8 Å². The van der Waals surface area contributed by atoms with E-state index in [-0.39, 0.29) is 12.0 Å². The second-order valence-corrected chi connectivity index (χ2v) is 7.00. The van der Waals surface area contributed by atoms with Crippen LogP contribution in [0.15, 0.2) is 24.5 Å². The predicted octanol–water partition coefficient (Wildman–Crippen LogP) is 3.18. The first-order valence-corrected chi connectivity index (χ1v) is 8.77. The number of carbonyl (C=O) groups excluding carboxylic acids is 1. The van der Waals surface area contributed by atoms with Gasteiger partial charge in [0.1, 0.15) is 0 Å². The van der Waals surface area contributed by atoms with Crippen molar-refractivity contribution in [2.24, 2.45) is 0 Å². The maximum absolute atomic E-state index is 12.1. The van der Waals surface area contributed by atoms with Crippen molar-refractivity contribution in [1.82, 2.24) is 15.3 Å². The third-order valence-electron chi connectivity index (χ3n) is 4.29. The van der Waals surface area contributed by atoms with Crippen molar-refractivity contribution in [2.45, 2.75) is 64.0 Å². The van der Waals surface area contributed by atoms with Crippen LogP contribution in [0.5, 0.6) is 0 Å². The average Bonchev–Trinajstić information content (AvgIpc) is 3.34. The molecule has 2 aromatic heterocycles. The van der Waals surface area contributed by atoms with Crippen molar-refractivity contribution in [3.05, 3.63) is 35.8 Å². The SMILES string of the molecule is CC(C)O.O=C(NC1CCC1)c1cnc2cc(C3CC3)ncc2c1. The lowest BCUT2D eigenvalue weighted by molar-refractivity contribution is 0.0916. The smallest absolute Gasteiger partial charge is 0.253 e. The molecule has 0 saturated heterocycles. The third-order valence-corrected chi connectivity index (χ3v) is 4.29. The fourth-order valence-electron chi connectivity index (χ4n) is 2.59. The van der Waals surface area contributed by atoms with Crippen LogP contribution in [0, 0.1) is 0 Å². The molecule has 0 bridgehead atoms. The van der Waals surface area contributed by atoms with Crippen LogP contribution in [0.25, 0.3) is 10.9 Å². The number of aliphatic hydroxyl groups is 1. The van der Waals surface area contributed by atoms with Crippen molar-refractivity contribution in [3.8, 4) is 0 Å². The molecule has 2 aliphatic rings. The van der Waals surface area contributed by atoms with Gasteiger partial charge in [0, 0.05) is 41.5 Å². The lowest BCUT2D eigenvalue weighted by Crippen LogP contribution is -2.39. The molecule has 0 radical (unpaired) electrons. The quantitative estimate of drug-likeness (QED) is 0.908. The van der Waals surface area contributed by atoms with Gasteiger partial charge < -0.3 is 10.4 Å². The topological polar surface area (TPSA) is 75.1 Å². The third kappa shape index (κ3) is 4.29. The van der Waals surface area contributed by atoms with Crippen LogP contribution in [0.3, 0.4) is 0 Å². The standard InChI is InChI=1S/C16H17N3O.C3H8O/c20-16(19-13-2-1-3-13)12-6-11-8-17-14(10-4-5-10)7-15(11)18-9-12;1-3(2)4/h6-10,13H,1-5H2,(H,19,20);3-4H,1-2H3. The Balaban J connectivity index is 0.000000383. The van der Waals surface area contributed by atoms with Gasteiger partial charge in [-0.1, -0.05) is 0 Å². The monoisotopic (exact) mass is 327 g/mol. The molecule has 0 spiro atoms. The van der Waals surface area contributed by atoms with E-state index in [1.54, 1.807) is 20.0 Å². The minimum Gasteiger partial charge on any atom is -0.394 e. The summed E-state index contributed by atoms with van der Waals surface area (Å²) in [5.74, 6) is 0.609. The minimum atomic E-state index is -0.167. The van der Waals surface area contributed by atoms with Gasteiger partial charge in [-0.15, -0.1) is 0 Å². The molecule has 2 heterocycles. The molecule has 2 aliphatic carbocycles. The Morgan fingerprint density at radius 2 is 1.88 bits per heavy atom. The maximum atomic E-state index is 12.1. The van der Waals surface area contributed by atoms with E-state index in [0.717, 1.165) is 29.4 Å². The van der Waals surface area contributed by atoms with Crippen LogP contribution in [-0.2, 0) is 0 Å². The number of rotatable bonds is 3. The first-order chi connectivity index (χ1) is 11.5. The van der Waals surface area contributed by atoms with Crippen LogP contribution < -0.4 is 5.32 Å². The van der Waals surface area contributed by atoms with Gasteiger partial charge in [0.15, 0.2) is 0 Å². The molecule has 5 heteroatoms. The highest BCUT2D eigenvalue weighted by Gasteiger charge is 2.25. The number of hydrogen-bond donors (Lipinski definition) is 2. The molecule has 4 rings (SSSR count). The molecule has 0 atom stereocenters. The summed E-state index contributed by atoms with van der Waals surface area (Å²) in [6.07, 6.45) is 9.23. The van der Waals surface area contributed by atoms with Crippen molar-refractivity contribution in [2.75, 3.05) is 0 Å². The summed E-state index contributed by atoms with van der Waals surface area (Å²) in [5.41, 5.74) is 2.70. The van der Waals surface area contributed by atoms with Gasteiger partial charge >= 0.3 is 0 Å². The molecule has 2 aromatic rings. The molecule has 5 nitrogen and oxygen atoms in total. The van der Waals surface area contributed by atoms with E-state index in [1.165, 1.54) is 19.3 Å². The molecule has 24 heavy (non-hydrogen) atoms. The maximum Gasteiger partial charge on any atom is 0.253 e. The number of fused-ring (bicyclic) bond motifs is 1. The van der Waals surface area contributed by atoms with E-state index in [0.29, 0.717) is 17.5 Å². The van der Waals surface area contributed by atoms with E-state index in [2.05, 4.69) is 21.4 Å². The summed E-state index contributed by atoms with van der Waals surface area (Å²) in [4.78, 5) is 21.0. The number of carbonyl (C=O) groups is 1. The second kappa shape index (κ2) is 7.26. The number of hydrogen-bond acceptors (Lipinski definition) is 4. The molecule has 128 valence electrons. The summed E-state index contributed by atoms with van der Waals surface area (Å²) >= 11 is 0. The largest absolute Gasteiger partial charge is 0.394 e. The number of nitrogens with one attached hydrogen (secondary N) is 1. The zero-order valence-electron chi connectivity index (χ0n) is 14.3. The van der Waals surface area contributed by atoms with Crippen LogP contribution in [0.4, 0.5) is 0 Å². The summed E-state index contributed by atoms with van der Waals surface area (Å²) in [6.45, 7) is 3.44. The van der Waals surface area contributed by atoms with Crippen molar-refractivity contribution < 1.29 is 9.90 Å². The van der Waals surface area contributed by atoms with Crippen molar-refractivity contribution in [1.29, 1.82) is 0 Å². The molecule has 0 aromatic carbocycles. The van der Waals surface area contributed by atoms with Crippen LogP contribution in [-0.4, -0.2) is 33.1 Å². The molecule has 2 saturated carbocycles. The molecule has 2 fully saturated rings. The normalized spacial score (nSPS) is 17.2. The number of aliphatic hydroxyl groups excluding tert-OH is 1. The Labute approximate surface area is 142 Å². The van der Waals surface area contributed by atoms with E-state index < -0.39 is 0 Å². The first-order valence-electron chi connectivity index (χ1n) is 8.77.